The number of thioether (sulfide) groups is 1. The number of hydrogen-bond acceptors (Lipinski definition) is 4. The Labute approximate surface area is 154 Å². The van der Waals surface area contributed by atoms with E-state index in [0.29, 0.717) is 11.5 Å². The first-order valence-electron chi connectivity index (χ1n) is 8.10. The zero-order valence-corrected chi connectivity index (χ0v) is 14.6. The summed E-state index contributed by atoms with van der Waals surface area (Å²) in [6.07, 6.45) is 1.93. The number of nitrogen functional groups attached to an aromatic ring is 1. The van der Waals surface area contributed by atoms with Gasteiger partial charge in [-0.25, -0.2) is 0 Å². The zero-order valence-electron chi connectivity index (χ0n) is 13.8. The number of anilines is 2. The third kappa shape index (κ3) is 3.29. The molecule has 0 atom stereocenters. The van der Waals surface area contributed by atoms with Crippen LogP contribution in [0.1, 0.15) is 0 Å². The van der Waals surface area contributed by atoms with Crippen LogP contribution >= 0.6 is 11.8 Å². The van der Waals surface area contributed by atoms with Crippen LogP contribution in [-0.4, -0.2) is 26.8 Å². The maximum absolute atomic E-state index is 12.2. The first kappa shape index (κ1) is 16.3. The number of para-hydroxylation sites is 2. The minimum atomic E-state index is -0.129. The summed E-state index contributed by atoms with van der Waals surface area (Å²) in [6.45, 7) is 0. The lowest BCUT2D eigenvalue weighted by atomic mass is 10.1. The summed E-state index contributed by atoms with van der Waals surface area (Å²) in [5, 5.41) is 11.1. The van der Waals surface area contributed by atoms with Crippen LogP contribution < -0.4 is 11.1 Å². The van der Waals surface area contributed by atoms with E-state index in [9.17, 15) is 4.79 Å². The normalized spacial score (nSPS) is 10.9. The van der Waals surface area contributed by atoms with Crippen molar-refractivity contribution in [1.82, 2.24) is 15.2 Å². The lowest BCUT2D eigenvalue weighted by molar-refractivity contribution is -0.113. The molecule has 26 heavy (non-hydrogen) atoms. The van der Waals surface area contributed by atoms with Crippen molar-refractivity contribution in [3.8, 4) is 11.3 Å². The van der Waals surface area contributed by atoms with Crippen LogP contribution in [0.5, 0.6) is 0 Å². The number of nitrogens with one attached hydrogen (secondary N) is 3. The molecule has 4 aromatic rings. The van der Waals surface area contributed by atoms with Gasteiger partial charge in [-0.3, -0.25) is 9.89 Å². The third-order valence-electron chi connectivity index (χ3n) is 4.00. The molecule has 0 aliphatic rings. The molecule has 0 bridgehead atoms. The van der Waals surface area contributed by atoms with Gasteiger partial charge in [-0.05, 0) is 18.2 Å². The molecule has 5 N–H and O–H groups in total. The molecule has 6 nitrogen and oxygen atoms in total. The van der Waals surface area contributed by atoms with E-state index >= 15 is 0 Å². The van der Waals surface area contributed by atoms with Crippen LogP contribution in [0.4, 0.5) is 11.5 Å². The largest absolute Gasteiger partial charge is 0.398 e. The van der Waals surface area contributed by atoms with E-state index in [1.807, 2.05) is 60.8 Å². The molecular formula is C19H17N5OS. The Morgan fingerprint density at radius 3 is 2.85 bits per heavy atom. The van der Waals surface area contributed by atoms with E-state index in [-0.39, 0.29) is 11.7 Å². The van der Waals surface area contributed by atoms with E-state index in [0.717, 1.165) is 27.1 Å². The van der Waals surface area contributed by atoms with Crippen LogP contribution in [0.2, 0.25) is 0 Å². The fourth-order valence-corrected chi connectivity index (χ4v) is 3.52. The molecule has 0 radical (unpaired) electrons. The Hall–Kier alpha value is -3.19. The number of aromatic nitrogens is 3. The Morgan fingerprint density at radius 1 is 1.15 bits per heavy atom. The summed E-state index contributed by atoms with van der Waals surface area (Å²) in [5.41, 5.74) is 9.48. The molecule has 0 fully saturated rings. The summed E-state index contributed by atoms with van der Waals surface area (Å²) in [6, 6.07) is 17.4. The molecule has 7 heteroatoms. The number of aromatic amines is 2. The van der Waals surface area contributed by atoms with Gasteiger partial charge < -0.3 is 16.0 Å². The highest BCUT2D eigenvalue weighted by Crippen LogP contribution is 2.28. The monoisotopic (exact) mass is 363 g/mol. The first-order chi connectivity index (χ1) is 12.7. The van der Waals surface area contributed by atoms with Crippen molar-refractivity contribution in [3.05, 3.63) is 60.8 Å². The number of carbonyl (C=O) groups is 1. The maximum atomic E-state index is 12.2. The fraction of sp³-hybridized carbons (Fsp3) is 0.0526. The smallest absolute Gasteiger partial charge is 0.235 e. The Balaban J connectivity index is 1.43. The lowest BCUT2D eigenvalue weighted by Crippen LogP contribution is -2.14. The second-order valence-electron chi connectivity index (χ2n) is 5.79. The highest BCUT2D eigenvalue weighted by atomic mass is 32.2. The van der Waals surface area contributed by atoms with Gasteiger partial charge in [-0.15, -0.1) is 11.8 Å². The Bertz CT molecular complexity index is 1070. The van der Waals surface area contributed by atoms with Gasteiger partial charge in [-0.1, -0.05) is 30.3 Å². The molecule has 0 saturated heterocycles. The van der Waals surface area contributed by atoms with E-state index in [2.05, 4.69) is 20.5 Å². The van der Waals surface area contributed by atoms with Crippen molar-refractivity contribution in [1.29, 1.82) is 0 Å². The van der Waals surface area contributed by atoms with Gasteiger partial charge in [0.05, 0.1) is 11.4 Å². The van der Waals surface area contributed by atoms with Crippen LogP contribution in [0.3, 0.4) is 0 Å². The summed E-state index contributed by atoms with van der Waals surface area (Å²) in [4.78, 5) is 16.3. The second kappa shape index (κ2) is 6.97. The van der Waals surface area contributed by atoms with E-state index in [4.69, 9.17) is 5.73 Å². The van der Waals surface area contributed by atoms with Crippen molar-refractivity contribution < 1.29 is 4.79 Å². The van der Waals surface area contributed by atoms with Crippen molar-refractivity contribution in [2.45, 2.75) is 4.90 Å². The van der Waals surface area contributed by atoms with Gasteiger partial charge in [-0.2, -0.15) is 5.10 Å². The summed E-state index contributed by atoms with van der Waals surface area (Å²) in [5.74, 6) is 0.635. The molecule has 130 valence electrons. The SMILES string of the molecule is Nc1ccccc1SCC(=O)Nc1cc(-c2c[nH]c3ccccc23)[nH]n1. The summed E-state index contributed by atoms with van der Waals surface area (Å²) >= 11 is 1.40. The maximum Gasteiger partial charge on any atom is 0.235 e. The number of amides is 1. The highest BCUT2D eigenvalue weighted by molar-refractivity contribution is 8.00. The molecule has 1 amide bonds. The number of fused-ring (bicyclic) bond motifs is 1. The molecule has 0 unspecified atom stereocenters. The molecule has 2 aromatic carbocycles. The molecule has 0 spiro atoms. The number of rotatable bonds is 5. The van der Waals surface area contributed by atoms with E-state index < -0.39 is 0 Å². The van der Waals surface area contributed by atoms with Crippen molar-refractivity contribution in [3.63, 3.8) is 0 Å². The van der Waals surface area contributed by atoms with Crippen LogP contribution in [0, 0.1) is 0 Å². The average Bonchev–Trinajstić information content (AvgIpc) is 3.27. The highest BCUT2D eigenvalue weighted by Gasteiger charge is 2.11. The second-order valence-corrected chi connectivity index (χ2v) is 6.81. The molecule has 2 heterocycles. The quantitative estimate of drug-likeness (QED) is 0.319. The molecule has 0 aliphatic carbocycles. The van der Waals surface area contributed by atoms with Crippen LogP contribution in [0.25, 0.3) is 22.2 Å². The minimum absolute atomic E-state index is 0.129. The van der Waals surface area contributed by atoms with Gasteiger partial charge in [0.1, 0.15) is 0 Å². The molecule has 0 aliphatic heterocycles. The van der Waals surface area contributed by atoms with E-state index in [1.54, 1.807) is 0 Å². The predicted octanol–water partition coefficient (Wildman–Crippen LogP) is 3.87. The summed E-state index contributed by atoms with van der Waals surface area (Å²) in [7, 11) is 0. The minimum Gasteiger partial charge on any atom is -0.398 e. The van der Waals surface area contributed by atoms with Crippen molar-refractivity contribution in [2.24, 2.45) is 0 Å². The number of nitrogens with two attached hydrogens (primary N) is 1. The number of benzene rings is 2. The van der Waals surface area contributed by atoms with Crippen molar-refractivity contribution in [2.75, 3.05) is 16.8 Å². The molecule has 0 saturated carbocycles. The third-order valence-corrected chi connectivity index (χ3v) is 5.09. The first-order valence-corrected chi connectivity index (χ1v) is 9.08. The predicted molar refractivity (Wildman–Crippen MR) is 106 cm³/mol. The number of nitrogens with zero attached hydrogens (tertiary/aromatic N) is 1. The van der Waals surface area contributed by atoms with E-state index in [1.165, 1.54) is 11.8 Å². The molecular weight excluding hydrogens is 346 g/mol. The van der Waals surface area contributed by atoms with Gasteiger partial charge >= 0.3 is 0 Å². The van der Waals surface area contributed by atoms with Gasteiger partial charge in [0, 0.05) is 39.3 Å². The number of H-pyrrole nitrogens is 2. The average molecular weight is 363 g/mol. The number of carbonyl (C=O) groups excluding carboxylic acids is 1. The van der Waals surface area contributed by atoms with Gasteiger partial charge in [0.25, 0.3) is 0 Å². The van der Waals surface area contributed by atoms with Crippen molar-refractivity contribution >= 4 is 40.1 Å². The van der Waals surface area contributed by atoms with Crippen LogP contribution in [0.15, 0.2) is 65.7 Å². The van der Waals surface area contributed by atoms with Gasteiger partial charge in [0.2, 0.25) is 5.91 Å². The van der Waals surface area contributed by atoms with Crippen LogP contribution in [-0.2, 0) is 4.79 Å². The lowest BCUT2D eigenvalue weighted by Gasteiger charge is -2.04. The standard InChI is InChI=1S/C19H17N5OS/c20-14-6-2-4-8-17(14)26-11-19(25)22-18-9-16(23-24-18)13-10-21-15-7-3-1-5-12(13)15/h1-10,21H,11,20H2,(H2,22,23,24,25). The Kier molecular flexibility index (Phi) is 4.37. The topological polar surface area (TPSA) is 99.6 Å². The zero-order chi connectivity index (χ0) is 17.9. The molecule has 4 rings (SSSR count). The number of hydrogen-bond donors (Lipinski definition) is 4. The Morgan fingerprint density at radius 2 is 1.96 bits per heavy atom. The van der Waals surface area contributed by atoms with Gasteiger partial charge in [0.15, 0.2) is 5.82 Å². The summed E-state index contributed by atoms with van der Waals surface area (Å²) < 4.78 is 0. The fourth-order valence-electron chi connectivity index (χ4n) is 2.75. The molecule has 2 aromatic heterocycles.